The van der Waals surface area contributed by atoms with Gasteiger partial charge in [0.05, 0.1) is 5.57 Å². The number of rotatable bonds is 3. The highest BCUT2D eigenvalue weighted by Gasteiger charge is 2.32. The van der Waals surface area contributed by atoms with Crippen LogP contribution in [-0.2, 0) is 0 Å². The zero-order valence-electron chi connectivity index (χ0n) is 12.6. The van der Waals surface area contributed by atoms with Gasteiger partial charge in [-0.25, -0.2) is 0 Å². The van der Waals surface area contributed by atoms with Gasteiger partial charge in [-0.3, -0.25) is 9.59 Å². The van der Waals surface area contributed by atoms with Crippen LogP contribution in [0.2, 0.25) is 0 Å². The van der Waals surface area contributed by atoms with E-state index in [0.29, 0.717) is 17.7 Å². The van der Waals surface area contributed by atoms with E-state index in [1.54, 1.807) is 30.3 Å². The molecule has 1 aliphatic rings. The van der Waals surface area contributed by atoms with E-state index in [-0.39, 0.29) is 17.1 Å². The zero-order chi connectivity index (χ0) is 15.7. The van der Waals surface area contributed by atoms with E-state index in [1.165, 1.54) is 5.56 Å². The molecule has 1 N–H and O–H groups in total. The first-order valence-corrected chi connectivity index (χ1v) is 7.27. The standard InChI is InChI=1S/C19H17NO2/c1-12-7-8-17(13(2)11-12)20-10-9-16-18(21)14-5-3-4-6-15(14)19(16)22/h3-9,11,20H,10H2,1-2H3. The fourth-order valence-electron chi connectivity index (χ4n) is 2.73. The maximum absolute atomic E-state index is 12.2. The first kappa shape index (κ1) is 14.3. The van der Waals surface area contributed by atoms with Crippen LogP contribution in [0.3, 0.4) is 0 Å². The minimum absolute atomic E-state index is 0.178. The van der Waals surface area contributed by atoms with Crippen LogP contribution in [-0.4, -0.2) is 18.1 Å². The molecule has 0 radical (unpaired) electrons. The average molecular weight is 291 g/mol. The van der Waals surface area contributed by atoms with Crippen LogP contribution in [0.25, 0.3) is 0 Å². The number of hydrogen-bond donors (Lipinski definition) is 1. The smallest absolute Gasteiger partial charge is 0.197 e. The van der Waals surface area contributed by atoms with Crippen molar-refractivity contribution in [3.05, 3.63) is 76.4 Å². The van der Waals surface area contributed by atoms with Gasteiger partial charge in [-0.1, -0.05) is 48.0 Å². The summed E-state index contributed by atoms with van der Waals surface area (Å²) in [5, 5.41) is 3.25. The van der Waals surface area contributed by atoms with Gasteiger partial charge in [0.25, 0.3) is 0 Å². The highest BCUT2D eigenvalue weighted by molar-refractivity contribution is 6.39. The molecule has 3 heteroatoms. The van der Waals surface area contributed by atoms with Crippen LogP contribution in [0.1, 0.15) is 31.8 Å². The van der Waals surface area contributed by atoms with Crippen LogP contribution < -0.4 is 5.32 Å². The summed E-state index contributed by atoms with van der Waals surface area (Å²) < 4.78 is 0. The molecule has 0 saturated heterocycles. The van der Waals surface area contributed by atoms with Gasteiger partial charge in [0.2, 0.25) is 0 Å². The highest BCUT2D eigenvalue weighted by Crippen LogP contribution is 2.26. The first-order valence-electron chi connectivity index (χ1n) is 7.27. The van der Waals surface area contributed by atoms with Crippen molar-refractivity contribution in [2.45, 2.75) is 13.8 Å². The van der Waals surface area contributed by atoms with E-state index in [4.69, 9.17) is 0 Å². The molecular weight excluding hydrogens is 274 g/mol. The Hall–Kier alpha value is -2.68. The van der Waals surface area contributed by atoms with Crippen LogP contribution in [0, 0.1) is 13.8 Å². The lowest BCUT2D eigenvalue weighted by molar-refractivity contribution is 0.0988. The van der Waals surface area contributed by atoms with E-state index in [0.717, 1.165) is 11.3 Å². The van der Waals surface area contributed by atoms with Crippen molar-refractivity contribution < 1.29 is 9.59 Å². The summed E-state index contributed by atoms with van der Waals surface area (Å²) in [4.78, 5) is 24.5. The molecule has 0 fully saturated rings. The maximum atomic E-state index is 12.2. The van der Waals surface area contributed by atoms with Crippen molar-refractivity contribution in [1.82, 2.24) is 0 Å². The second-order valence-electron chi connectivity index (χ2n) is 5.52. The van der Waals surface area contributed by atoms with Gasteiger partial charge >= 0.3 is 0 Å². The Morgan fingerprint density at radius 2 is 1.59 bits per heavy atom. The summed E-state index contributed by atoms with van der Waals surface area (Å²) in [6.07, 6.45) is 1.68. The molecule has 3 nitrogen and oxygen atoms in total. The summed E-state index contributed by atoms with van der Waals surface area (Å²) in [7, 11) is 0. The average Bonchev–Trinajstić information content (AvgIpc) is 2.75. The number of ketones is 2. The number of fused-ring (bicyclic) bond motifs is 1. The Morgan fingerprint density at radius 3 is 2.18 bits per heavy atom. The van der Waals surface area contributed by atoms with Gasteiger partial charge in [-0.05, 0) is 25.5 Å². The molecule has 0 spiro atoms. The van der Waals surface area contributed by atoms with Gasteiger partial charge in [0, 0.05) is 23.4 Å². The van der Waals surface area contributed by atoms with Gasteiger partial charge in [0.15, 0.2) is 11.6 Å². The second kappa shape index (κ2) is 5.60. The normalized spacial score (nSPS) is 13.3. The fourth-order valence-corrected chi connectivity index (χ4v) is 2.73. The third kappa shape index (κ3) is 2.46. The molecule has 22 heavy (non-hydrogen) atoms. The second-order valence-corrected chi connectivity index (χ2v) is 5.52. The van der Waals surface area contributed by atoms with Crippen molar-refractivity contribution >= 4 is 17.3 Å². The van der Waals surface area contributed by atoms with E-state index >= 15 is 0 Å². The monoisotopic (exact) mass is 291 g/mol. The predicted molar refractivity (Wildman–Crippen MR) is 87.6 cm³/mol. The first-order chi connectivity index (χ1) is 10.6. The molecule has 0 aliphatic heterocycles. The van der Waals surface area contributed by atoms with Crippen molar-refractivity contribution in [2.75, 3.05) is 11.9 Å². The SMILES string of the molecule is Cc1ccc(NCC=C2C(=O)c3ccccc3C2=O)c(C)c1. The molecule has 0 heterocycles. The summed E-state index contributed by atoms with van der Waals surface area (Å²) in [6, 6.07) is 13.1. The molecule has 2 aromatic carbocycles. The lowest BCUT2D eigenvalue weighted by Crippen LogP contribution is -2.06. The number of carbonyl (C=O) groups is 2. The Balaban J connectivity index is 1.77. The summed E-state index contributed by atoms with van der Waals surface area (Å²) in [6.45, 7) is 4.53. The fraction of sp³-hybridized carbons (Fsp3) is 0.158. The van der Waals surface area contributed by atoms with Gasteiger partial charge < -0.3 is 5.32 Å². The summed E-state index contributed by atoms with van der Waals surface area (Å²) >= 11 is 0. The molecule has 0 saturated carbocycles. The third-order valence-electron chi connectivity index (χ3n) is 3.89. The third-order valence-corrected chi connectivity index (χ3v) is 3.89. The van der Waals surface area contributed by atoms with Gasteiger partial charge in [-0.15, -0.1) is 0 Å². The van der Waals surface area contributed by atoms with Crippen molar-refractivity contribution in [3.8, 4) is 0 Å². The molecule has 2 aromatic rings. The largest absolute Gasteiger partial charge is 0.381 e. The summed E-state index contributed by atoms with van der Waals surface area (Å²) in [5.74, 6) is -0.356. The Bertz CT molecular complexity index is 766. The summed E-state index contributed by atoms with van der Waals surface area (Å²) in [5.41, 5.74) is 4.63. The lowest BCUT2D eigenvalue weighted by atomic mass is 10.1. The molecular formula is C19H17NO2. The molecule has 1 aliphatic carbocycles. The Kier molecular flexibility index (Phi) is 3.63. The number of aryl methyl sites for hydroxylation is 2. The topological polar surface area (TPSA) is 46.2 Å². The number of Topliss-reactive ketones (excluding diaryl/α,β-unsaturated/α-hetero) is 2. The number of allylic oxidation sites excluding steroid dienone is 1. The van der Waals surface area contributed by atoms with E-state index < -0.39 is 0 Å². The minimum atomic E-state index is -0.178. The van der Waals surface area contributed by atoms with Gasteiger partial charge in [0.1, 0.15) is 0 Å². The van der Waals surface area contributed by atoms with Crippen LogP contribution in [0.5, 0.6) is 0 Å². The minimum Gasteiger partial charge on any atom is -0.381 e. The van der Waals surface area contributed by atoms with E-state index in [2.05, 4.69) is 11.4 Å². The Morgan fingerprint density at radius 1 is 0.955 bits per heavy atom. The van der Waals surface area contributed by atoms with Crippen molar-refractivity contribution in [1.29, 1.82) is 0 Å². The number of anilines is 1. The molecule has 0 unspecified atom stereocenters. The molecule has 0 amide bonds. The number of hydrogen-bond acceptors (Lipinski definition) is 3. The highest BCUT2D eigenvalue weighted by atomic mass is 16.2. The Labute approximate surface area is 129 Å². The maximum Gasteiger partial charge on any atom is 0.197 e. The molecule has 3 rings (SSSR count). The molecule has 0 atom stereocenters. The van der Waals surface area contributed by atoms with Gasteiger partial charge in [-0.2, -0.15) is 0 Å². The number of benzene rings is 2. The van der Waals surface area contributed by atoms with E-state index in [9.17, 15) is 9.59 Å². The predicted octanol–water partition coefficient (Wildman–Crippen LogP) is 3.72. The quantitative estimate of drug-likeness (QED) is 0.692. The molecule has 110 valence electrons. The lowest BCUT2D eigenvalue weighted by Gasteiger charge is -2.08. The van der Waals surface area contributed by atoms with Crippen LogP contribution in [0.15, 0.2) is 54.1 Å². The van der Waals surface area contributed by atoms with Crippen LogP contribution in [0.4, 0.5) is 5.69 Å². The zero-order valence-corrected chi connectivity index (χ0v) is 12.6. The number of nitrogens with one attached hydrogen (secondary N) is 1. The van der Waals surface area contributed by atoms with Crippen molar-refractivity contribution in [3.63, 3.8) is 0 Å². The molecule has 0 bridgehead atoms. The number of carbonyl (C=O) groups excluding carboxylic acids is 2. The van der Waals surface area contributed by atoms with Crippen molar-refractivity contribution in [2.24, 2.45) is 0 Å². The molecule has 0 aromatic heterocycles. The van der Waals surface area contributed by atoms with E-state index in [1.807, 2.05) is 26.0 Å². The van der Waals surface area contributed by atoms with Crippen LogP contribution >= 0.6 is 0 Å².